The summed E-state index contributed by atoms with van der Waals surface area (Å²) < 4.78 is 47.7. The third-order valence-electron chi connectivity index (χ3n) is 6.04. The molecule has 3 aromatic heterocycles. The first-order valence-corrected chi connectivity index (χ1v) is 12.3. The van der Waals surface area contributed by atoms with Crippen LogP contribution in [0.4, 0.5) is 36.2 Å². The zero-order valence-electron chi connectivity index (χ0n) is 22.6. The number of aromatic nitrogens is 5. The smallest absolute Gasteiger partial charge is 0.408 e. The van der Waals surface area contributed by atoms with Gasteiger partial charge in [-0.1, -0.05) is 19.1 Å². The quantitative estimate of drug-likeness (QED) is 0.245. The van der Waals surface area contributed by atoms with E-state index in [2.05, 4.69) is 30.7 Å². The molecule has 0 aliphatic carbocycles. The maximum atomic E-state index is 13.5. The molecule has 0 aliphatic rings. The largest absolute Gasteiger partial charge is 0.494 e. The van der Waals surface area contributed by atoms with Crippen molar-refractivity contribution in [2.75, 3.05) is 31.8 Å². The van der Waals surface area contributed by atoms with Gasteiger partial charge in [0.25, 0.3) is 0 Å². The van der Waals surface area contributed by atoms with Crippen LogP contribution in [0, 0.1) is 0 Å². The van der Waals surface area contributed by atoms with Crippen molar-refractivity contribution in [2.45, 2.75) is 25.6 Å². The molecule has 0 saturated heterocycles. The summed E-state index contributed by atoms with van der Waals surface area (Å²) in [6.07, 6.45) is 0.00422. The highest BCUT2D eigenvalue weighted by atomic mass is 19.4. The van der Waals surface area contributed by atoms with Gasteiger partial charge in [0.2, 0.25) is 0 Å². The van der Waals surface area contributed by atoms with Gasteiger partial charge in [-0.05, 0) is 37.9 Å². The highest BCUT2D eigenvalue weighted by Gasteiger charge is 2.42. The van der Waals surface area contributed by atoms with Crippen molar-refractivity contribution in [1.29, 1.82) is 0 Å². The number of aryl methyl sites for hydroxylation is 1. The molecule has 0 fully saturated rings. The average molecular weight is 555 g/mol. The average Bonchev–Trinajstić information content (AvgIpc) is 3.34. The van der Waals surface area contributed by atoms with Crippen molar-refractivity contribution >= 4 is 28.8 Å². The summed E-state index contributed by atoms with van der Waals surface area (Å²) in [5.41, 5.74) is 2.05. The third kappa shape index (κ3) is 6.20. The lowest BCUT2D eigenvalue weighted by Crippen LogP contribution is -2.33. The van der Waals surface area contributed by atoms with Crippen LogP contribution in [-0.2, 0) is 7.05 Å². The third-order valence-corrected chi connectivity index (χ3v) is 6.04. The molecule has 40 heavy (non-hydrogen) atoms. The van der Waals surface area contributed by atoms with Crippen molar-refractivity contribution in [2.24, 2.45) is 7.05 Å². The molecule has 4 aromatic rings. The van der Waals surface area contributed by atoms with E-state index in [9.17, 15) is 18.0 Å². The van der Waals surface area contributed by atoms with E-state index in [-0.39, 0.29) is 23.6 Å². The van der Waals surface area contributed by atoms with Crippen LogP contribution < -0.4 is 15.4 Å². The Kier molecular flexibility index (Phi) is 8.33. The number of methoxy groups -OCH3 is 1. The number of carbonyl (C=O) groups excluding carboxylic acids is 1. The molecule has 10 nitrogen and oxygen atoms in total. The number of rotatable bonds is 10. The molecule has 0 radical (unpaired) electrons. The number of alkyl halides is 3. The highest BCUT2D eigenvalue weighted by molar-refractivity contribution is 6.02. The number of hydrogen-bond donors (Lipinski definition) is 2. The molecule has 0 saturated carbocycles. The summed E-state index contributed by atoms with van der Waals surface area (Å²) in [5.74, 6) is 1.44. The molecule has 4 rings (SSSR count). The zero-order valence-corrected chi connectivity index (χ0v) is 22.6. The number of pyridine rings is 2. The van der Waals surface area contributed by atoms with E-state index in [0.717, 1.165) is 4.90 Å². The lowest BCUT2D eigenvalue weighted by atomic mass is 10.1. The molecular weight excluding hydrogens is 525 g/mol. The molecule has 0 spiro atoms. The van der Waals surface area contributed by atoms with Gasteiger partial charge < -0.3 is 15.4 Å². The Bertz CT molecular complexity index is 1490. The van der Waals surface area contributed by atoms with Gasteiger partial charge in [-0.25, -0.2) is 15.0 Å². The molecule has 13 heteroatoms. The molecule has 3 heterocycles. The van der Waals surface area contributed by atoms with Crippen LogP contribution in [0.1, 0.15) is 35.3 Å². The molecule has 0 aliphatic heterocycles. The minimum absolute atomic E-state index is 0.0108. The van der Waals surface area contributed by atoms with Crippen molar-refractivity contribution in [3.63, 3.8) is 0 Å². The van der Waals surface area contributed by atoms with Gasteiger partial charge in [0, 0.05) is 31.9 Å². The maximum absolute atomic E-state index is 13.5. The van der Waals surface area contributed by atoms with E-state index in [1.807, 2.05) is 12.1 Å². The van der Waals surface area contributed by atoms with Crippen LogP contribution in [0.15, 0.2) is 55.1 Å². The topological polar surface area (TPSA) is 110 Å². The Morgan fingerprint density at radius 1 is 1.05 bits per heavy atom. The number of nitrogens with zero attached hydrogens (tertiary/aromatic N) is 6. The molecule has 2 N–H and O–H groups in total. The number of anilines is 4. The lowest BCUT2D eigenvalue weighted by Gasteiger charge is -2.26. The second kappa shape index (κ2) is 11.7. The summed E-state index contributed by atoms with van der Waals surface area (Å²) in [5, 5.41) is 10.6. The second-order valence-corrected chi connectivity index (χ2v) is 9.15. The standard InChI is InChI=1S/C27H29F3N8O2/c1-6-21(39)18-14-32-23(35-22-11-10-16(13-31-22)25(37(2)3)27(28,29)30)12-20(18)34-19-9-7-8-17(24(19)40-5)26-33-15-38(4)36-26/h7-15,25H,6H2,1-5H3,(H2,31,32,34,35). The van der Waals surface area contributed by atoms with Gasteiger partial charge in [-0.15, -0.1) is 0 Å². The van der Waals surface area contributed by atoms with E-state index in [4.69, 9.17) is 4.74 Å². The molecule has 1 aromatic carbocycles. The number of halogens is 3. The fourth-order valence-electron chi connectivity index (χ4n) is 4.23. The molecule has 210 valence electrons. The van der Waals surface area contributed by atoms with Crippen LogP contribution in [-0.4, -0.2) is 62.8 Å². The molecule has 0 amide bonds. The van der Waals surface area contributed by atoms with Gasteiger partial charge in [0.1, 0.15) is 24.0 Å². The second-order valence-electron chi connectivity index (χ2n) is 9.15. The summed E-state index contributed by atoms with van der Waals surface area (Å²) in [6.45, 7) is 1.75. The summed E-state index contributed by atoms with van der Waals surface area (Å²) in [4.78, 5) is 26.6. The number of para-hydroxylation sites is 1. The highest BCUT2D eigenvalue weighted by Crippen LogP contribution is 2.38. The van der Waals surface area contributed by atoms with Crippen LogP contribution >= 0.6 is 0 Å². The van der Waals surface area contributed by atoms with Gasteiger partial charge in [0.05, 0.1) is 29.6 Å². The first kappa shape index (κ1) is 28.5. The van der Waals surface area contributed by atoms with E-state index in [1.165, 1.54) is 45.7 Å². The number of ether oxygens (including phenoxy) is 1. The first-order chi connectivity index (χ1) is 19.0. The summed E-state index contributed by atoms with van der Waals surface area (Å²) >= 11 is 0. The number of Topliss-reactive ketones (excluding diaryl/α,β-unsaturated/α-hetero) is 1. The van der Waals surface area contributed by atoms with E-state index < -0.39 is 12.2 Å². The molecular formula is C27H29F3N8O2. The number of benzene rings is 1. The minimum Gasteiger partial charge on any atom is -0.494 e. The van der Waals surface area contributed by atoms with Crippen LogP contribution in [0.3, 0.4) is 0 Å². The normalized spacial score (nSPS) is 12.3. The van der Waals surface area contributed by atoms with E-state index in [1.54, 1.807) is 37.1 Å². The molecule has 1 unspecified atom stereocenters. The number of carbonyl (C=O) groups is 1. The van der Waals surface area contributed by atoms with Gasteiger partial charge in [0.15, 0.2) is 17.4 Å². The van der Waals surface area contributed by atoms with Crippen LogP contribution in [0.5, 0.6) is 5.75 Å². The zero-order chi connectivity index (χ0) is 29.0. The predicted molar refractivity (Wildman–Crippen MR) is 145 cm³/mol. The molecule has 0 bridgehead atoms. The number of hydrogen-bond acceptors (Lipinski definition) is 9. The fraction of sp³-hybridized carbons (Fsp3) is 0.296. The Morgan fingerprint density at radius 3 is 2.38 bits per heavy atom. The van der Waals surface area contributed by atoms with Crippen LogP contribution in [0.25, 0.3) is 11.4 Å². The minimum atomic E-state index is -4.45. The Morgan fingerprint density at radius 2 is 1.80 bits per heavy atom. The van der Waals surface area contributed by atoms with Crippen molar-refractivity contribution in [1.82, 2.24) is 29.6 Å². The van der Waals surface area contributed by atoms with Gasteiger partial charge >= 0.3 is 6.18 Å². The Balaban J connectivity index is 1.66. The Labute approximate surface area is 229 Å². The SMILES string of the molecule is CCC(=O)c1cnc(Nc2ccc(C(N(C)C)C(F)(F)F)cn2)cc1Nc1cccc(-c2ncn(C)n2)c1OC. The van der Waals surface area contributed by atoms with Gasteiger partial charge in [-0.2, -0.15) is 18.3 Å². The van der Waals surface area contributed by atoms with E-state index in [0.29, 0.717) is 39.9 Å². The van der Waals surface area contributed by atoms with Gasteiger partial charge in [-0.3, -0.25) is 14.4 Å². The summed E-state index contributed by atoms with van der Waals surface area (Å²) in [6, 6.07) is 8.09. The first-order valence-electron chi connectivity index (χ1n) is 12.3. The monoisotopic (exact) mass is 554 g/mol. The van der Waals surface area contributed by atoms with Crippen molar-refractivity contribution < 1.29 is 22.7 Å². The van der Waals surface area contributed by atoms with Crippen molar-refractivity contribution in [3.05, 3.63) is 66.2 Å². The lowest BCUT2D eigenvalue weighted by molar-refractivity contribution is -0.179. The fourth-order valence-corrected chi connectivity index (χ4v) is 4.23. The van der Waals surface area contributed by atoms with Crippen LogP contribution in [0.2, 0.25) is 0 Å². The number of nitrogens with one attached hydrogen (secondary N) is 2. The van der Waals surface area contributed by atoms with Crippen molar-refractivity contribution in [3.8, 4) is 17.1 Å². The van der Waals surface area contributed by atoms with E-state index >= 15 is 0 Å². The molecule has 1 atom stereocenters. The Hall–Kier alpha value is -4.52. The summed E-state index contributed by atoms with van der Waals surface area (Å²) in [7, 11) is 6.01. The predicted octanol–water partition coefficient (Wildman–Crippen LogP) is 5.53. The number of ketones is 1. The maximum Gasteiger partial charge on any atom is 0.408 e.